The van der Waals surface area contributed by atoms with Gasteiger partial charge < -0.3 is 10.1 Å². The zero-order chi connectivity index (χ0) is 14.9. The van der Waals surface area contributed by atoms with E-state index in [1.54, 1.807) is 6.08 Å². The van der Waals surface area contributed by atoms with E-state index in [-0.39, 0.29) is 23.5 Å². The monoisotopic (exact) mass is 307 g/mol. The Kier molecular flexibility index (Phi) is 3.71. The molecule has 1 fully saturated rings. The summed E-state index contributed by atoms with van der Waals surface area (Å²) in [6.07, 6.45) is 4.57. The van der Waals surface area contributed by atoms with Gasteiger partial charge in [-0.15, -0.1) is 0 Å². The van der Waals surface area contributed by atoms with Gasteiger partial charge in [-0.2, -0.15) is 0 Å². The molecule has 1 aromatic carbocycles. The first kappa shape index (κ1) is 14.1. The van der Waals surface area contributed by atoms with Crippen molar-refractivity contribution >= 4 is 21.8 Å². The summed E-state index contributed by atoms with van der Waals surface area (Å²) in [7, 11) is -2.97. The Morgan fingerprint density at radius 2 is 2.24 bits per heavy atom. The summed E-state index contributed by atoms with van der Waals surface area (Å²) >= 11 is 0. The normalized spacial score (nSPS) is 23.0. The molecule has 1 saturated heterocycles. The molecule has 1 amide bonds. The highest BCUT2D eigenvalue weighted by atomic mass is 32.2. The number of carbonyl (C=O) groups is 1. The van der Waals surface area contributed by atoms with Gasteiger partial charge in [-0.3, -0.25) is 4.79 Å². The lowest BCUT2D eigenvalue weighted by molar-refractivity contribution is -0.116. The Bertz CT molecular complexity index is 694. The predicted octanol–water partition coefficient (Wildman–Crippen LogP) is 0.938. The maximum Gasteiger partial charge on any atom is 0.244 e. The molecule has 1 atom stereocenters. The number of hydrogen-bond acceptors (Lipinski definition) is 4. The Hall–Kier alpha value is -1.82. The molecular weight excluding hydrogens is 290 g/mol. The first-order valence-corrected chi connectivity index (χ1v) is 8.79. The van der Waals surface area contributed by atoms with Crippen molar-refractivity contribution in [3.63, 3.8) is 0 Å². The molecule has 6 heteroatoms. The summed E-state index contributed by atoms with van der Waals surface area (Å²) in [6, 6.07) is 5.55. The van der Waals surface area contributed by atoms with E-state index in [1.807, 2.05) is 18.2 Å². The second-order valence-corrected chi connectivity index (χ2v) is 7.64. The molecule has 0 radical (unpaired) electrons. The largest absolute Gasteiger partial charge is 0.493 e. The van der Waals surface area contributed by atoms with E-state index in [0.29, 0.717) is 13.0 Å². The van der Waals surface area contributed by atoms with Crippen LogP contribution in [0.3, 0.4) is 0 Å². The molecule has 1 N–H and O–H groups in total. The molecule has 0 aliphatic carbocycles. The minimum atomic E-state index is -2.97. The van der Waals surface area contributed by atoms with Gasteiger partial charge >= 0.3 is 0 Å². The van der Waals surface area contributed by atoms with Crippen LogP contribution in [0.4, 0.5) is 0 Å². The second kappa shape index (κ2) is 5.52. The number of hydrogen-bond donors (Lipinski definition) is 1. The van der Waals surface area contributed by atoms with Crippen LogP contribution in [0.25, 0.3) is 6.08 Å². The summed E-state index contributed by atoms with van der Waals surface area (Å²) in [5.74, 6) is 0.858. The number of fused-ring (bicyclic) bond motifs is 1. The van der Waals surface area contributed by atoms with Crippen molar-refractivity contribution in [2.75, 3.05) is 18.1 Å². The van der Waals surface area contributed by atoms with Crippen LogP contribution in [-0.2, 0) is 21.1 Å². The van der Waals surface area contributed by atoms with Crippen molar-refractivity contribution in [1.29, 1.82) is 0 Å². The van der Waals surface area contributed by atoms with Gasteiger partial charge in [0.2, 0.25) is 5.91 Å². The number of ether oxygens (including phenoxy) is 1. The highest BCUT2D eigenvalue weighted by Gasteiger charge is 2.28. The average Bonchev–Trinajstić information content (AvgIpc) is 3.02. The smallest absolute Gasteiger partial charge is 0.244 e. The Morgan fingerprint density at radius 1 is 1.38 bits per heavy atom. The van der Waals surface area contributed by atoms with Crippen molar-refractivity contribution in [3.8, 4) is 5.75 Å². The highest BCUT2D eigenvalue weighted by molar-refractivity contribution is 7.91. The van der Waals surface area contributed by atoms with Gasteiger partial charge in [-0.05, 0) is 35.8 Å². The molecule has 3 rings (SSSR count). The van der Waals surface area contributed by atoms with Crippen LogP contribution in [0.1, 0.15) is 17.5 Å². The molecule has 0 spiro atoms. The van der Waals surface area contributed by atoms with E-state index in [1.165, 1.54) is 6.08 Å². The number of sulfone groups is 1. The van der Waals surface area contributed by atoms with Crippen LogP contribution in [0, 0.1) is 0 Å². The van der Waals surface area contributed by atoms with Crippen LogP contribution in [0.2, 0.25) is 0 Å². The number of nitrogens with one attached hydrogen (secondary N) is 1. The quantitative estimate of drug-likeness (QED) is 0.844. The standard InChI is InChI=1S/C15H17NO4S/c17-15(16-13-6-8-21(18,19)10-13)4-2-11-1-3-14-12(9-11)5-7-20-14/h1-4,9,13H,5-8,10H2,(H,16,17)/b4-2+. The maximum absolute atomic E-state index is 11.8. The van der Waals surface area contributed by atoms with E-state index in [0.717, 1.165) is 23.3 Å². The lowest BCUT2D eigenvalue weighted by Gasteiger charge is -2.07. The van der Waals surface area contributed by atoms with Crippen LogP contribution in [0.5, 0.6) is 5.75 Å². The van der Waals surface area contributed by atoms with Gasteiger partial charge in [0.15, 0.2) is 9.84 Å². The van der Waals surface area contributed by atoms with Gasteiger partial charge in [-0.25, -0.2) is 8.42 Å². The van der Waals surface area contributed by atoms with E-state index in [9.17, 15) is 13.2 Å². The van der Waals surface area contributed by atoms with Gasteiger partial charge in [-0.1, -0.05) is 6.07 Å². The van der Waals surface area contributed by atoms with Crippen molar-refractivity contribution in [2.45, 2.75) is 18.9 Å². The Balaban J connectivity index is 1.60. The zero-order valence-electron chi connectivity index (χ0n) is 11.5. The molecule has 1 aromatic rings. The van der Waals surface area contributed by atoms with Crippen molar-refractivity contribution in [3.05, 3.63) is 35.4 Å². The molecule has 2 heterocycles. The number of benzene rings is 1. The summed E-state index contributed by atoms with van der Waals surface area (Å²) in [5, 5.41) is 2.73. The fraction of sp³-hybridized carbons (Fsp3) is 0.400. The van der Waals surface area contributed by atoms with Gasteiger partial charge in [0.25, 0.3) is 0 Å². The lowest BCUT2D eigenvalue weighted by Crippen LogP contribution is -2.34. The van der Waals surface area contributed by atoms with E-state index >= 15 is 0 Å². The van der Waals surface area contributed by atoms with Crippen molar-refractivity contribution < 1.29 is 17.9 Å². The van der Waals surface area contributed by atoms with E-state index in [4.69, 9.17) is 4.74 Å². The molecule has 0 saturated carbocycles. The first-order chi connectivity index (χ1) is 10.0. The van der Waals surface area contributed by atoms with E-state index < -0.39 is 9.84 Å². The zero-order valence-corrected chi connectivity index (χ0v) is 12.4. The minimum Gasteiger partial charge on any atom is -0.493 e. The predicted molar refractivity (Wildman–Crippen MR) is 79.9 cm³/mol. The van der Waals surface area contributed by atoms with Crippen molar-refractivity contribution in [1.82, 2.24) is 5.32 Å². The third kappa shape index (κ3) is 3.44. The van der Waals surface area contributed by atoms with Gasteiger partial charge in [0, 0.05) is 18.5 Å². The topological polar surface area (TPSA) is 72.5 Å². The summed E-state index contributed by atoms with van der Waals surface area (Å²) in [6.45, 7) is 0.707. The minimum absolute atomic E-state index is 0.0444. The Labute approximate surface area is 123 Å². The van der Waals surface area contributed by atoms with Gasteiger partial charge in [0.1, 0.15) is 5.75 Å². The average molecular weight is 307 g/mol. The van der Waals surface area contributed by atoms with Crippen LogP contribution < -0.4 is 10.1 Å². The number of rotatable bonds is 3. The molecule has 2 aliphatic rings. The SMILES string of the molecule is O=C(/C=C/c1ccc2c(c1)CCO2)NC1CCS(=O)(=O)C1. The second-order valence-electron chi connectivity index (χ2n) is 5.41. The molecule has 1 unspecified atom stereocenters. The molecule has 0 aromatic heterocycles. The number of carbonyl (C=O) groups excluding carboxylic acids is 1. The summed E-state index contributed by atoms with van der Waals surface area (Å²) in [5.41, 5.74) is 2.09. The molecular formula is C15H17NO4S. The molecule has 21 heavy (non-hydrogen) atoms. The lowest BCUT2D eigenvalue weighted by atomic mass is 10.1. The first-order valence-electron chi connectivity index (χ1n) is 6.97. The third-order valence-electron chi connectivity index (χ3n) is 3.72. The van der Waals surface area contributed by atoms with Crippen LogP contribution in [0.15, 0.2) is 24.3 Å². The highest BCUT2D eigenvalue weighted by Crippen LogP contribution is 2.26. The fourth-order valence-corrected chi connectivity index (χ4v) is 4.31. The van der Waals surface area contributed by atoms with Crippen LogP contribution in [-0.4, -0.2) is 38.5 Å². The Morgan fingerprint density at radius 3 is 3.00 bits per heavy atom. The fourth-order valence-electron chi connectivity index (χ4n) is 2.64. The summed E-state index contributed by atoms with van der Waals surface area (Å²) < 4.78 is 28.1. The third-order valence-corrected chi connectivity index (χ3v) is 5.49. The van der Waals surface area contributed by atoms with Crippen molar-refractivity contribution in [2.24, 2.45) is 0 Å². The maximum atomic E-state index is 11.8. The molecule has 5 nitrogen and oxygen atoms in total. The molecule has 112 valence electrons. The summed E-state index contributed by atoms with van der Waals surface area (Å²) in [4.78, 5) is 11.8. The van der Waals surface area contributed by atoms with E-state index in [2.05, 4.69) is 5.32 Å². The number of amides is 1. The van der Waals surface area contributed by atoms with Gasteiger partial charge in [0.05, 0.1) is 18.1 Å². The molecule has 0 bridgehead atoms. The van der Waals surface area contributed by atoms with Crippen LogP contribution >= 0.6 is 0 Å². The molecule has 2 aliphatic heterocycles.